The zero-order valence-electron chi connectivity index (χ0n) is 10.1. The van der Waals surface area contributed by atoms with Gasteiger partial charge in [0.05, 0.1) is 0 Å². The van der Waals surface area contributed by atoms with Gasteiger partial charge in [-0.15, -0.1) is 0 Å². The van der Waals surface area contributed by atoms with Crippen LogP contribution < -0.4 is 0 Å². The number of benzene rings is 1. The van der Waals surface area contributed by atoms with E-state index in [0.717, 1.165) is 6.07 Å². The van der Waals surface area contributed by atoms with Gasteiger partial charge in [-0.1, -0.05) is 11.6 Å². The lowest BCUT2D eigenvalue weighted by Gasteiger charge is -2.06. The molecule has 0 radical (unpaired) electrons. The van der Waals surface area contributed by atoms with Crippen LogP contribution in [0.25, 0.3) is 22.4 Å². The van der Waals surface area contributed by atoms with Gasteiger partial charge in [0, 0.05) is 11.5 Å². The second-order valence-corrected chi connectivity index (χ2v) is 4.58. The SMILES string of the molecule is Fc1ccc2oc(-c3cc(Cl)nc(C(F)(F)F)n3)cc2c1. The predicted octanol–water partition coefficient (Wildman–Crippen LogP) is 4.70. The molecule has 0 fully saturated rings. The maximum Gasteiger partial charge on any atom is 0.451 e. The first-order valence-corrected chi connectivity index (χ1v) is 6.02. The molecule has 2 heterocycles. The third-order valence-corrected chi connectivity index (χ3v) is 2.87. The molecule has 21 heavy (non-hydrogen) atoms. The molecule has 108 valence electrons. The Balaban J connectivity index is 2.16. The first-order valence-electron chi connectivity index (χ1n) is 5.64. The van der Waals surface area contributed by atoms with Crippen molar-refractivity contribution >= 4 is 22.6 Å². The third kappa shape index (κ3) is 2.69. The summed E-state index contributed by atoms with van der Waals surface area (Å²) < 4.78 is 56.4. The minimum absolute atomic E-state index is 0.0467. The van der Waals surface area contributed by atoms with E-state index in [0.29, 0.717) is 11.0 Å². The number of aromatic nitrogens is 2. The zero-order valence-corrected chi connectivity index (χ0v) is 10.8. The molecule has 0 amide bonds. The topological polar surface area (TPSA) is 38.9 Å². The summed E-state index contributed by atoms with van der Waals surface area (Å²) >= 11 is 5.58. The quantitative estimate of drug-likeness (QED) is 0.482. The highest BCUT2D eigenvalue weighted by Crippen LogP contribution is 2.32. The van der Waals surface area contributed by atoms with Crippen LogP contribution in [0.15, 0.2) is 34.7 Å². The van der Waals surface area contributed by atoms with Gasteiger partial charge in [-0.3, -0.25) is 0 Å². The van der Waals surface area contributed by atoms with Crippen LogP contribution in [0.1, 0.15) is 5.82 Å². The average Bonchev–Trinajstić information content (AvgIpc) is 2.80. The average molecular weight is 317 g/mol. The third-order valence-electron chi connectivity index (χ3n) is 2.68. The summed E-state index contributed by atoms with van der Waals surface area (Å²) in [7, 11) is 0. The Morgan fingerprint density at radius 2 is 1.81 bits per heavy atom. The van der Waals surface area contributed by atoms with Crippen molar-refractivity contribution in [2.24, 2.45) is 0 Å². The summed E-state index contributed by atoms with van der Waals surface area (Å²) in [6.07, 6.45) is -4.72. The minimum atomic E-state index is -4.72. The highest BCUT2D eigenvalue weighted by Gasteiger charge is 2.35. The van der Waals surface area contributed by atoms with Crippen LogP contribution in [-0.4, -0.2) is 9.97 Å². The molecule has 2 aromatic heterocycles. The molecule has 0 N–H and O–H groups in total. The maximum absolute atomic E-state index is 13.1. The van der Waals surface area contributed by atoms with Crippen molar-refractivity contribution in [3.05, 3.63) is 47.1 Å². The van der Waals surface area contributed by atoms with Crippen molar-refractivity contribution in [3.63, 3.8) is 0 Å². The molecule has 0 aliphatic carbocycles. The molecule has 3 rings (SSSR count). The number of hydrogen-bond donors (Lipinski definition) is 0. The molecule has 0 unspecified atom stereocenters. The number of hydrogen-bond acceptors (Lipinski definition) is 3. The van der Waals surface area contributed by atoms with Crippen LogP contribution >= 0.6 is 11.6 Å². The molecule has 3 aromatic rings. The fourth-order valence-electron chi connectivity index (χ4n) is 1.81. The monoisotopic (exact) mass is 316 g/mol. The van der Waals surface area contributed by atoms with Gasteiger partial charge in [-0.25, -0.2) is 14.4 Å². The molecule has 0 atom stereocenters. The fraction of sp³-hybridized carbons (Fsp3) is 0.0769. The molecular weight excluding hydrogens is 312 g/mol. The van der Waals surface area contributed by atoms with E-state index in [1.54, 1.807) is 0 Å². The number of rotatable bonds is 1. The van der Waals surface area contributed by atoms with Crippen molar-refractivity contribution in [2.45, 2.75) is 6.18 Å². The second kappa shape index (κ2) is 4.70. The van der Waals surface area contributed by atoms with Crippen LogP contribution in [0, 0.1) is 5.82 Å². The Bertz CT molecular complexity index is 829. The van der Waals surface area contributed by atoms with E-state index in [9.17, 15) is 17.6 Å². The highest BCUT2D eigenvalue weighted by atomic mass is 35.5. The van der Waals surface area contributed by atoms with Crippen molar-refractivity contribution < 1.29 is 22.0 Å². The summed E-state index contributed by atoms with van der Waals surface area (Å²) in [6.45, 7) is 0. The van der Waals surface area contributed by atoms with Crippen LogP contribution in [0.2, 0.25) is 5.15 Å². The molecular formula is C13H5ClF4N2O. The van der Waals surface area contributed by atoms with E-state index < -0.39 is 17.8 Å². The van der Waals surface area contributed by atoms with E-state index in [1.807, 2.05) is 0 Å². The van der Waals surface area contributed by atoms with Gasteiger partial charge >= 0.3 is 6.18 Å². The Kier molecular flexibility index (Phi) is 3.09. The lowest BCUT2D eigenvalue weighted by Crippen LogP contribution is -2.11. The molecule has 0 bridgehead atoms. The smallest absolute Gasteiger partial charge is 0.451 e. The second-order valence-electron chi connectivity index (χ2n) is 4.19. The van der Waals surface area contributed by atoms with E-state index in [-0.39, 0.29) is 16.6 Å². The Morgan fingerprint density at radius 3 is 2.52 bits per heavy atom. The lowest BCUT2D eigenvalue weighted by atomic mass is 10.2. The van der Waals surface area contributed by atoms with Gasteiger partial charge in [0.1, 0.15) is 22.2 Å². The first kappa shape index (κ1) is 13.8. The number of fused-ring (bicyclic) bond motifs is 1. The van der Waals surface area contributed by atoms with Gasteiger partial charge in [-0.2, -0.15) is 13.2 Å². The van der Waals surface area contributed by atoms with Crippen molar-refractivity contribution in [3.8, 4) is 11.5 Å². The molecule has 0 saturated heterocycles. The standard InChI is InChI=1S/C13H5ClF4N2O/c14-11-5-8(19-12(20-11)13(16,17)18)10-4-6-3-7(15)1-2-9(6)21-10/h1-5H. The van der Waals surface area contributed by atoms with E-state index >= 15 is 0 Å². The van der Waals surface area contributed by atoms with Crippen molar-refractivity contribution in [1.29, 1.82) is 0 Å². The minimum Gasteiger partial charge on any atom is -0.454 e. The Labute approximate surface area is 120 Å². The normalized spacial score (nSPS) is 12.0. The summed E-state index contributed by atoms with van der Waals surface area (Å²) in [5.74, 6) is -1.80. The van der Waals surface area contributed by atoms with Crippen LogP contribution in [0.5, 0.6) is 0 Å². The van der Waals surface area contributed by atoms with E-state index in [4.69, 9.17) is 16.0 Å². The van der Waals surface area contributed by atoms with Crippen LogP contribution in [-0.2, 0) is 6.18 Å². The van der Waals surface area contributed by atoms with Crippen molar-refractivity contribution in [1.82, 2.24) is 9.97 Å². The van der Waals surface area contributed by atoms with Gasteiger partial charge < -0.3 is 4.42 Å². The molecule has 0 saturated carbocycles. The molecule has 1 aromatic carbocycles. The Hall–Kier alpha value is -2.15. The van der Waals surface area contributed by atoms with Gasteiger partial charge in [0.2, 0.25) is 5.82 Å². The molecule has 3 nitrogen and oxygen atoms in total. The number of furan rings is 1. The number of nitrogens with zero attached hydrogens (tertiary/aromatic N) is 2. The highest BCUT2D eigenvalue weighted by molar-refractivity contribution is 6.29. The molecule has 0 aliphatic heterocycles. The molecule has 0 spiro atoms. The molecule has 0 aliphatic rings. The summed E-state index contributed by atoms with van der Waals surface area (Å²) in [5.41, 5.74) is 0.202. The first-order chi connectivity index (χ1) is 9.83. The fourth-order valence-corrected chi connectivity index (χ4v) is 1.99. The predicted molar refractivity (Wildman–Crippen MR) is 67.2 cm³/mol. The maximum atomic E-state index is 13.1. The largest absolute Gasteiger partial charge is 0.454 e. The van der Waals surface area contributed by atoms with E-state index in [1.165, 1.54) is 24.3 Å². The molecule has 8 heteroatoms. The summed E-state index contributed by atoms with van der Waals surface area (Å²) in [4.78, 5) is 6.51. The summed E-state index contributed by atoms with van der Waals surface area (Å²) in [5, 5.41) is 0.0484. The van der Waals surface area contributed by atoms with Crippen LogP contribution in [0.3, 0.4) is 0 Å². The lowest BCUT2D eigenvalue weighted by molar-refractivity contribution is -0.144. The van der Waals surface area contributed by atoms with Gasteiger partial charge in [-0.05, 0) is 24.3 Å². The summed E-state index contributed by atoms with van der Waals surface area (Å²) in [6, 6.07) is 6.29. The van der Waals surface area contributed by atoms with Crippen molar-refractivity contribution in [2.75, 3.05) is 0 Å². The number of alkyl halides is 3. The zero-order chi connectivity index (χ0) is 15.2. The van der Waals surface area contributed by atoms with Crippen LogP contribution in [0.4, 0.5) is 17.6 Å². The number of halogens is 5. The Morgan fingerprint density at radius 1 is 1.05 bits per heavy atom. The van der Waals surface area contributed by atoms with Gasteiger partial charge in [0.15, 0.2) is 5.76 Å². The van der Waals surface area contributed by atoms with Gasteiger partial charge in [0.25, 0.3) is 0 Å². The van der Waals surface area contributed by atoms with E-state index in [2.05, 4.69) is 9.97 Å².